The Bertz CT molecular complexity index is 422. The number of likely N-dealkylation sites (N-methyl/N-ethyl adjacent to an activating group) is 2. The van der Waals surface area contributed by atoms with Crippen LogP contribution in [-0.2, 0) is 11.3 Å². The fourth-order valence-electron chi connectivity index (χ4n) is 2.25. The van der Waals surface area contributed by atoms with Crippen molar-refractivity contribution < 1.29 is 4.79 Å². The molecule has 0 atom stereocenters. The van der Waals surface area contributed by atoms with Gasteiger partial charge < -0.3 is 14.8 Å². The minimum absolute atomic E-state index is 0.207. The second-order valence-electron chi connectivity index (χ2n) is 5.37. The topological polar surface area (TPSA) is 55.5 Å². The molecule has 1 aliphatic rings. The number of rotatable bonds is 4. The third-order valence-corrected chi connectivity index (χ3v) is 3.44. The average molecular weight is 265 g/mol. The van der Waals surface area contributed by atoms with E-state index in [1.807, 2.05) is 30.0 Å². The van der Waals surface area contributed by atoms with E-state index in [0.717, 1.165) is 37.7 Å². The summed E-state index contributed by atoms with van der Waals surface area (Å²) in [5.41, 5.74) is 1.05. The van der Waals surface area contributed by atoms with Gasteiger partial charge in [-0.3, -0.25) is 9.69 Å². The monoisotopic (exact) mass is 265 g/mol. The summed E-state index contributed by atoms with van der Waals surface area (Å²) >= 11 is 0. The summed E-state index contributed by atoms with van der Waals surface area (Å²) in [6, 6.07) is 0. The number of H-pyrrole nitrogens is 1. The van der Waals surface area contributed by atoms with Crippen molar-refractivity contribution in [2.24, 2.45) is 0 Å². The number of nitrogens with one attached hydrogen (secondary N) is 1. The van der Waals surface area contributed by atoms with Crippen molar-refractivity contribution in [3.05, 3.63) is 17.7 Å². The maximum absolute atomic E-state index is 12.1. The van der Waals surface area contributed by atoms with Crippen LogP contribution in [-0.4, -0.2) is 77.4 Å². The van der Waals surface area contributed by atoms with Crippen molar-refractivity contribution in [1.29, 1.82) is 0 Å². The van der Waals surface area contributed by atoms with E-state index in [9.17, 15) is 4.79 Å². The molecule has 0 unspecified atom stereocenters. The van der Waals surface area contributed by atoms with E-state index in [4.69, 9.17) is 0 Å². The van der Waals surface area contributed by atoms with Crippen LogP contribution in [0.25, 0.3) is 0 Å². The predicted octanol–water partition coefficient (Wildman–Crippen LogP) is -0.0761. The van der Waals surface area contributed by atoms with Gasteiger partial charge in [0.05, 0.1) is 13.1 Å². The summed E-state index contributed by atoms with van der Waals surface area (Å²) < 4.78 is 0. The lowest BCUT2D eigenvalue weighted by Gasteiger charge is -2.33. The standard InChI is InChI=1S/C13H23N5O/c1-11-8-14-12(15-11)9-17(3)10-13(19)18-6-4-16(2)5-7-18/h8H,4-7,9-10H2,1-3H3,(H,14,15). The Hall–Kier alpha value is -1.40. The van der Waals surface area contributed by atoms with Crippen molar-refractivity contribution in [1.82, 2.24) is 24.7 Å². The summed E-state index contributed by atoms with van der Waals surface area (Å²) in [4.78, 5) is 25.8. The lowest BCUT2D eigenvalue weighted by Crippen LogP contribution is -2.49. The molecule has 0 saturated carbocycles. The number of carbonyl (C=O) groups excluding carboxylic acids is 1. The van der Waals surface area contributed by atoms with Gasteiger partial charge in [0, 0.05) is 38.1 Å². The molecule has 0 radical (unpaired) electrons. The smallest absolute Gasteiger partial charge is 0.236 e. The molecule has 1 fully saturated rings. The Morgan fingerprint density at radius 1 is 1.42 bits per heavy atom. The van der Waals surface area contributed by atoms with Crippen LogP contribution in [0.4, 0.5) is 0 Å². The van der Waals surface area contributed by atoms with Crippen molar-refractivity contribution in [2.75, 3.05) is 46.8 Å². The number of aromatic nitrogens is 2. The lowest BCUT2D eigenvalue weighted by atomic mass is 10.3. The van der Waals surface area contributed by atoms with Gasteiger partial charge in [-0.1, -0.05) is 0 Å². The van der Waals surface area contributed by atoms with Gasteiger partial charge in [0.2, 0.25) is 5.91 Å². The van der Waals surface area contributed by atoms with E-state index in [1.165, 1.54) is 0 Å². The third-order valence-electron chi connectivity index (χ3n) is 3.44. The average Bonchev–Trinajstić information content (AvgIpc) is 2.75. The van der Waals surface area contributed by atoms with E-state index in [0.29, 0.717) is 13.1 Å². The summed E-state index contributed by atoms with van der Waals surface area (Å²) in [5.74, 6) is 1.12. The summed E-state index contributed by atoms with van der Waals surface area (Å²) in [5, 5.41) is 0. The van der Waals surface area contributed by atoms with Gasteiger partial charge in [-0.15, -0.1) is 0 Å². The fourth-order valence-corrected chi connectivity index (χ4v) is 2.25. The molecule has 1 amide bonds. The molecule has 0 aromatic carbocycles. The molecule has 1 aliphatic heterocycles. The van der Waals surface area contributed by atoms with Crippen LogP contribution in [0.15, 0.2) is 6.20 Å². The fraction of sp³-hybridized carbons (Fsp3) is 0.692. The van der Waals surface area contributed by atoms with Crippen LogP contribution >= 0.6 is 0 Å². The molecule has 6 heteroatoms. The molecule has 106 valence electrons. The molecule has 1 aromatic heterocycles. The quantitative estimate of drug-likeness (QED) is 0.827. The summed E-state index contributed by atoms with van der Waals surface area (Å²) in [6.45, 7) is 6.70. The minimum atomic E-state index is 0.207. The first-order chi connectivity index (χ1) is 9.04. The van der Waals surface area contributed by atoms with Gasteiger partial charge in [-0.05, 0) is 21.0 Å². The van der Waals surface area contributed by atoms with Crippen LogP contribution in [0.3, 0.4) is 0 Å². The number of aromatic amines is 1. The SMILES string of the molecule is Cc1cnc(CN(C)CC(=O)N2CCN(C)CC2)[nH]1. The van der Waals surface area contributed by atoms with E-state index in [1.54, 1.807) is 0 Å². The zero-order valence-electron chi connectivity index (χ0n) is 12.0. The number of nitrogens with zero attached hydrogens (tertiary/aromatic N) is 4. The van der Waals surface area contributed by atoms with Crippen molar-refractivity contribution in [3.8, 4) is 0 Å². The number of imidazole rings is 1. The largest absolute Gasteiger partial charge is 0.345 e. The van der Waals surface area contributed by atoms with Gasteiger partial charge in [0.15, 0.2) is 0 Å². The van der Waals surface area contributed by atoms with Crippen LogP contribution < -0.4 is 0 Å². The summed E-state index contributed by atoms with van der Waals surface area (Å²) in [7, 11) is 4.04. The van der Waals surface area contributed by atoms with Gasteiger partial charge >= 0.3 is 0 Å². The minimum Gasteiger partial charge on any atom is -0.345 e. The predicted molar refractivity (Wildman–Crippen MR) is 73.7 cm³/mol. The highest BCUT2D eigenvalue weighted by Crippen LogP contribution is 2.03. The Morgan fingerprint density at radius 3 is 2.68 bits per heavy atom. The van der Waals surface area contributed by atoms with Crippen LogP contribution in [0, 0.1) is 6.92 Å². The zero-order valence-corrected chi connectivity index (χ0v) is 12.0. The number of hydrogen-bond donors (Lipinski definition) is 1. The highest BCUT2D eigenvalue weighted by Gasteiger charge is 2.20. The van der Waals surface area contributed by atoms with Gasteiger partial charge in [0.25, 0.3) is 0 Å². The highest BCUT2D eigenvalue weighted by molar-refractivity contribution is 5.78. The number of hydrogen-bond acceptors (Lipinski definition) is 4. The van der Waals surface area contributed by atoms with Gasteiger partial charge in [-0.2, -0.15) is 0 Å². The Balaban J connectivity index is 1.78. The molecular formula is C13H23N5O. The second-order valence-corrected chi connectivity index (χ2v) is 5.37. The van der Waals surface area contributed by atoms with Crippen molar-refractivity contribution >= 4 is 5.91 Å². The Morgan fingerprint density at radius 2 is 2.11 bits per heavy atom. The first kappa shape index (κ1) is 14.0. The maximum Gasteiger partial charge on any atom is 0.236 e. The Labute approximate surface area is 114 Å². The molecule has 19 heavy (non-hydrogen) atoms. The molecule has 1 aromatic rings. The first-order valence-corrected chi connectivity index (χ1v) is 6.70. The Kier molecular flexibility index (Phi) is 4.55. The molecule has 2 heterocycles. The van der Waals surface area contributed by atoms with E-state index >= 15 is 0 Å². The van der Waals surface area contributed by atoms with Gasteiger partial charge in [-0.25, -0.2) is 4.98 Å². The van der Waals surface area contributed by atoms with E-state index < -0.39 is 0 Å². The van der Waals surface area contributed by atoms with Gasteiger partial charge in [0.1, 0.15) is 5.82 Å². The summed E-state index contributed by atoms with van der Waals surface area (Å²) in [6.07, 6.45) is 1.81. The third kappa shape index (κ3) is 4.04. The molecule has 6 nitrogen and oxygen atoms in total. The van der Waals surface area contributed by atoms with Crippen LogP contribution in [0.1, 0.15) is 11.5 Å². The molecular weight excluding hydrogens is 242 g/mol. The highest BCUT2D eigenvalue weighted by atomic mass is 16.2. The van der Waals surface area contributed by atoms with Crippen molar-refractivity contribution in [2.45, 2.75) is 13.5 Å². The second kappa shape index (κ2) is 6.16. The number of amides is 1. The number of aryl methyl sites for hydroxylation is 1. The molecule has 1 saturated heterocycles. The molecule has 0 spiro atoms. The van der Waals surface area contributed by atoms with Crippen LogP contribution in [0.5, 0.6) is 0 Å². The molecule has 0 aliphatic carbocycles. The first-order valence-electron chi connectivity index (χ1n) is 6.70. The van der Waals surface area contributed by atoms with E-state index in [-0.39, 0.29) is 5.91 Å². The van der Waals surface area contributed by atoms with E-state index in [2.05, 4.69) is 21.9 Å². The zero-order chi connectivity index (χ0) is 13.8. The van der Waals surface area contributed by atoms with Crippen molar-refractivity contribution in [3.63, 3.8) is 0 Å². The lowest BCUT2D eigenvalue weighted by molar-refractivity contribution is -0.133. The normalized spacial score (nSPS) is 17.2. The maximum atomic E-state index is 12.1. The molecule has 2 rings (SSSR count). The molecule has 0 bridgehead atoms. The number of piperazine rings is 1. The van der Waals surface area contributed by atoms with Crippen LogP contribution in [0.2, 0.25) is 0 Å². The number of carbonyl (C=O) groups is 1. The molecule has 1 N–H and O–H groups in total.